The Hall–Kier alpha value is -2.87. The summed E-state index contributed by atoms with van der Waals surface area (Å²) >= 11 is 1.49. The number of anilines is 2. The van der Waals surface area contributed by atoms with Gasteiger partial charge in [-0.05, 0) is 24.6 Å². The molecule has 0 spiro atoms. The summed E-state index contributed by atoms with van der Waals surface area (Å²) in [7, 11) is 0. The molecule has 0 saturated carbocycles. The topological polar surface area (TPSA) is 92.6 Å². The second-order valence-electron chi connectivity index (χ2n) is 5.86. The molecule has 1 aliphatic rings. The number of nitro benzene ring substituents is 1. The number of nitrogens with one attached hydrogen (secondary N) is 1. The molecule has 0 aromatic heterocycles. The average molecular weight is 371 g/mol. The maximum atomic E-state index is 12.3. The van der Waals surface area contributed by atoms with Gasteiger partial charge in [-0.1, -0.05) is 18.2 Å². The minimum Gasteiger partial charge on any atom is -0.326 e. The first kappa shape index (κ1) is 17.9. The Morgan fingerprint density at radius 1 is 1.31 bits per heavy atom. The number of carbonyl (C=O) groups is 2. The predicted molar refractivity (Wildman–Crippen MR) is 101 cm³/mol. The Labute approximate surface area is 154 Å². The molecule has 0 fully saturated rings. The Bertz CT molecular complexity index is 884. The third-order valence-electron chi connectivity index (χ3n) is 4.08. The minimum atomic E-state index is -0.504. The monoisotopic (exact) mass is 371 g/mol. The van der Waals surface area contributed by atoms with Crippen molar-refractivity contribution < 1.29 is 14.5 Å². The van der Waals surface area contributed by atoms with Gasteiger partial charge in [-0.25, -0.2) is 0 Å². The highest BCUT2D eigenvalue weighted by molar-refractivity contribution is 8.00. The normalized spacial score (nSPS) is 13.3. The summed E-state index contributed by atoms with van der Waals surface area (Å²) in [5.41, 5.74) is 1.88. The van der Waals surface area contributed by atoms with Crippen LogP contribution in [-0.4, -0.2) is 29.0 Å². The quantitative estimate of drug-likeness (QED) is 0.642. The molecule has 134 valence electrons. The van der Waals surface area contributed by atoms with E-state index in [4.69, 9.17) is 0 Å². The van der Waals surface area contributed by atoms with Crippen LogP contribution in [0.5, 0.6) is 0 Å². The van der Waals surface area contributed by atoms with E-state index in [1.807, 2.05) is 24.3 Å². The first-order valence-electron chi connectivity index (χ1n) is 8.03. The molecule has 0 atom stereocenters. The SMILES string of the molecule is Cc1ccc([N+](=O)[O-])cc1NC(=O)CCN1C(=O)CSc2ccccc21. The van der Waals surface area contributed by atoms with Crippen LogP contribution in [0.25, 0.3) is 0 Å². The number of thioether (sulfide) groups is 1. The maximum Gasteiger partial charge on any atom is 0.271 e. The van der Waals surface area contributed by atoms with Gasteiger partial charge < -0.3 is 10.2 Å². The highest BCUT2D eigenvalue weighted by atomic mass is 32.2. The van der Waals surface area contributed by atoms with Gasteiger partial charge in [-0.15, -0.1) is 11.8 Å². The van der Waals surface area contributed by atoms with Crippen LogP contribution in [0, 0.1) is 17.0 Å². The third-order valence-corrected chi connectivity index (χ3v) is 5.12. The van der Waals surface area contributed by atoms with E-state index < -0.39 is 4.92 Å². The molecule has 7 nitrogen and oxygen atoms in total. The molecule has 0 radical (unpaired) electrons. The Kier molecular flexibility index (Phi) is 5.22. The van der Waals surface area contributed by atoms with Crippen molar-refractivity contribution in [3.05, 3.63) is 58.1 Å². The average Bonchev–Trinajstić information content (AvgIpc) is 2.62. The molecule has 1 heterocycles. The first-order valence-corrected chi connectivity index (χ1v) is 9.01. The number of carbonyl (C=O) groups excluding carboxylic acids is 2. The molecule has 0 unspecified atom stereocenters. The smallest absolute Gasteiger partial charge is 0.271 e. The van der Waals surface area contributed by atoms with E-state index in [0.29, 0.717) is 11.4 Å². The molecule has 0 saturated heterocycles. The summed E-state index contributed by atoms with van der Waals surface area (Å²) in [6, 6.07) is 11.9. The Morgan fingerprint density at radius 2 is 2.08 bits per heavy atom. The first-order chi connectivity index (χ1) is 12.5. The zero-order valence-corrected chi connectivity index (χ0v) is 14.9. The molecule has 2 aromatic rings. The predicted octanol–water partition coefficient (Wildman–Crippen LogP) is 3.37. The van der Waals surface area contributed by atoms with Gasteiger partial charge in [0.05, 0.1) is 22.1 Å². The number of para-hydroxylation sites is 1. The molecular formula is C18H17N3O4S. The van der Waals surface area contributed by atoms with Crippen LogP contribution in [0.4, 0.5) is 17.1 Å². The summed E-state index contributed by atoms with van der Waals surface area (Å²) < 4.78 is 0. The van der Waals surface area contributed by atoms with Crippen molar-refractivity contribution >= 4 is 40.6 Å². The van der Waals surface area contributed by atoms with Crippen molar-refractivity contribution in [3.63, 3.8) is 0 Å². The third kappa shape index (κ3) is 3.85. The van der Waals surface area contributed by atoms with E-state index in [1.165, 1.54) is 23.9 Å². The lowest BCUT2D eigenvalue weighted by atomic mass is 10.1. The molecule has 3 rings (SSSR count). The number of amides is 2. The largest absolute Gasteiger partial charge is 0.326 e. The van der Waals surface area contributed by atoms with E-state index in [1.54, 1.807) is 17.9 Å². The summed E-state index contributed by atoms with van der Waals surface area (Å²) in [6.45, 7) is 2.02. The Balaban J connectivity index is 1.67. The molecule has 0 aliphatic carbocycles. The van der Waals surface area contributed by atoms with E-state index in [9.17, 15) is 19.7 Å². The molecular weight excluding hydrogens is 354 g/mol. The molecule has 8 heteroatoms. The van der Waals surface area contributed by atoms with Gasteiger partial charge in [0.25, 0.3) is 5.69 Å². The van der Waals surface area contributed by atoms with Crippen LogP contribution in [-0.2, 0) is 9.59 Å². The lowest BCUT2D eigenvalue weighted by molar-refractivity contribution is -0.384. The van der Waals surface area contributed by atoms with Crippen LogP contribution < -0.4 is 10.2 Å². The van der Waals surface area contributed by atoms with E-state index in [-0.39, 0.29) is 30.5 Å². The fourth-order valence-corrected chi connectivity index (χ4v) is 3.62. The summed E-state index contributed by atoms with van der Waals surface area (Å²) in [4.78, 5) is 37.5. The maximum absolute atomic E-state index is 12.3. The number of nitro groups is 1. The van der Waals surface area contributed by atoms with Crippen LogP contribution in [0.15, 0.2) is 47.4 Å². The second kappa shape index (κ2) is 7.57. The van der Waals surface area contributed by atoms with Crippen molar-refractivity contribution in [2.24, 2.45) is 0 Å². The van der Waals surface area contributed by atoms with Gasteiger partial charge in [0.15, 0.2) is 0 Å². The number of aryl methyl sites for hydroxylation is 1. The Morgan fingerprint density at radius 3 is 2.85 bits per heavy atom. The summed E-state index contributed by atoms with van der Waals surface area (Å²) in [5.74, 6) is 0.0212. The van der Waals surface area contributed by atoms with Gasteiger partial charge in [0.1, 0.15) is 0 Å². The van der Waals surface area contributed by atoms with Crippen LogP contribution >= 0.6 is 11.8 Å². The lowest BCUT2D eigenvalue weighted by Crippen LogP contribution is -2.37. The van der Waals surface area contributed by atoms with Crippen molar-refractivity contribution in [3.8, 4) is 0 Å². The number of rotatable bonds is 5. The van der Waals surface area contributed by atoms with Gasteiger partial charge in [-0.3, -0.25) is 19.7 Å². The van der Waals surface area contributed by atoms with Crippen LogP contribution in [0.1, 0.15) is 12.0 Å². The van der Waals surface area contributed by atoms with Crippen molar-refractivity contribution in [2.45, 2.75) is 18.2 Å². The fraction of sp³-hybridized carbons (Fsp3) is 0.222. The fourth-order valence-electron chi connectivity index (χ4n) is 2.68. The molecule has 1 aliphatic heterocycles. The van der Waals surface area contributed by atoms with E-state index in [2.05, 4.69) is 5.32 Å². The molecule has 2 amide bonds. The lowest BCUT2D eigenvalue weighted by Gasteiger charge is -2.28. The number of nitrogens with zero attached hydrogens (tertiary/aromatic N) is 2. The van der Waals surface area contributed by atoms with Crippen molar-refractivity contribution in [1.29, 1.82) is 0 Å². The van der Waals surface area contributed by atoms with Crippen molar-refractivity contribution in [2.75, 3.05) is 22.5 Å². The number of benzene rings is 2. The highest BCUT2D eigenvalue weighted by Gasteiger charge is 2.24. The van der Waals surface area contributed by atoms with Gasteiger partial charge in [0, 0.05) is 30.0 Å². The number of non-ortho nitro benzene ring substituents is 1. The number of fused-ring (bicyclic) bond motifs is 1. The number of hydrogen-bond donors (Lipinski definition) is 1. The van der Waals surface area contributed by atoms with Gasteiger partial charge in [-0.2, -0.15) is 0 Å². The summed E-state index contributed by atoms with van der Waals surface area (Å²) in [6.07, 6.45) is 0.104. The van der Waals surface area contributed by atoms with Crippen LogP contribution in [0.2, 0.25) is 0 Å². The molecule has 2 aromatic carbocycles. The summed E-state index contributed by atoms with van der Waals surface area (Å²) in [5, 5.41) is 13.6. The molecule has 0 bridgehead atoms. The van der Waals surface area contributed by atoms with Gasteiger partial charge in [0.2, 0.25) is 11.8 Å². The van der Waals surface area contributed by atoms with Gasteiger partial charge >= 0.3 is 0 Å². The molecule has 26 heavy (non-hydrogen) atoms. The standard InChI is InChI=1S/C18H17N3O4S/c1-12-6-7-13(21(24)25)10-14(12)19-17(22)8-9-20-15-4-2-3-5-16(15)26-11-18(20)23/h2-7,10H,8-9,11H2,1H3,(H,19,22). The zero-order chi connectivity index (χ0) is 18.7. The highest BCUT2D eigenvalue weighted by Crippen LogP contribution is 2.34. The van der Waals surface area contributed by atoms with E-state index in [0.717, 1.165) is 16.1 Å². The second-order valence-corrected chi connectivity index (χ2v) is 6.87. The molecule has 1 N–H and O–H groups in total. The van der Waals surface area contributed by atoms with Crippen molar-refractivity contribution in [1.82, 2.24) is 0 Å². The zero-order valence-electron chi connectivity index (χ0n) is 14.1. The minimum absolute atomic E-state index is 0.0342. The van der Waals surface area contributed by atoms with Crippen LogP contribution in [0.3, 0.4) is 0 Å². The van der Waals surface area contributed by atoms with E-state index >= 15 is 0 Å². The number of hydrogen-bond acceptors (Lipinski definition) is 5.